The number of nitrogens with one attached hydrogen (secondary N) is 1. The van der Waals surface area contributed by atoms with Gasteiger partial charge in [-0.1, -0.05) is 19.3 Å². The molecule has 1 N–H and O–H groups in total. The Morgan fingerprint density at radius 2 is 2.04 bits per heavy atom. The predicted octanol–water partition coefficient (Wildman–Crippen LogP) is 3.62. The molecule has 6 nitrogen and oxygen atoms in total. The lowest BCUT2D eigenvalue weighted by atomic mass is 9.95. The third kappa shape index (κ3) is 4.23. The number of nitrogens with zero attached hydrogens (tertiary/aromatic N) is 5. The van der Waals surface area contributed by atoms with Gasteiger partial charge in [0.05, 0.1) is 6.54 Å². The van der Waals surface area contributed by atoms with Gasteiger partial charge in [-0.2, -0.15) is 0 Å². The first-order valence-electron chi connectivity index (χ1n) is 9.90. The Bertz CT molecular complexity index is 704. The zero-order valence-corrected chi connectivity index (χ0v) is 16.6. The fraction of sp³-hybridized carbons (Fsp3) is 0.650. The van der Waals surface area contributed by atoms with Crippen LogP contribution in [-0.2, 0) is 13.1 Å². The highest BCUT2D eigenvalue weighted by atomic mass is 15.3. The summed E-state index contributed by atoms with van der Waals surface area (Å²) in [5.41, 5.74) is 2.21. The van der Waals surface area contributed by atoms with E-state index >= 15 is 0 Å². The average Bonchev–Trinajstić information content (AvgIpc) is 3.13. The molecule has 142 valence electrons. The van der Waals surface area contributed by atoms with Gasteiger partial charge in [0.1, 0.15) is 5.82 Å². The van der Waals surface area contributed by atoms with E-state index in [4.69, 9.17) is 4.98 Å². The maximum Gasteiger partial charge on any atom is 0.225 e. The molecule has 0 spiro atoms. The second kappa shape index (κ2) is 8.62. The summed E-state index contributed by atoms with van der Waals surface area (Å²) in [7, 11) is 2.14. The van der Waals surface area contributed by atoms with Gasteiger partial charge >= 0.3 is 0 Å². The van der Waals surface area contributed by atoms with Gasteiger partial charge in [0.15, 0.2) is 0 Å². The number of hydrogen-bond acceptors (Lipinski definition) is 5. The predicted molar refractivity (Wildman–Crippen MR) is 105 cm³/mol. The minimum absolute atomic E-state index is 0.186. The lowest BCUT2D eigenvalue weighted by Gasteiger charge is -2.31. The highest BCUT2D eigenvalue weighted by Gasteiger charge is 2.21. The molecule has 0 saturated heterocycles. The van der Waals surface area contributed by atoms with Gasteiger partial charge in [0.25, 0.3) is 0 Å². The van der Waals surface area contributed by atoms with Crippen LogP contribution in [0.15, 0.2) is 18.6 Å². The van der Waals surface area contributed by atoms with Gasteiger partial charge in [0, 0.05) is 55.5 Å². The third-order valence-electron chi connectivity index (χ3n) is 5.62. The van der Waals surface area contributed by atoms with E-state index in [1.807, 2.05) is 18.6 Å². The summed E-state index contributed by atoms with van der Waals surface area (Å²) < 4.78 is 2.16. The highest BCUT2D eigenvalue weighted by molar-refractivity contribution is 5.34. The summed E-state index contributed by atoms with van der Waals surface area (Å²) in [5, 5.41) is 3.55. The van der Waals surface area contributed by atoms with Crippen LogP contribution in [0.1, 0.15) is 69.1 Å². The van der Waals surface area contributed by atoms with E-state index in [0.29, 0.717) is 6.04 Å². The number of aromatic nitrogens is 4. The maximum absolute atomic E-state index is 4.80. The van der Waals surface area contributed by atoms with Crippen LogP contribution in [0.3, 0.4) is 0 Å². The van der Waals surface area contributed by atoms with Crippen molar-refractivity contribution in [1.29, 1.82) is 0 Å². The molecular weight excluding hydrogens is 324 g/mol. The second-order valence-corrected chi connectivity index (χ2v) is 7.35. The Hall–Kier alpha value is -1.95. The maximum atomic E-state index is 4.80. The summed E-state index contributed by atoms with van der Waals surface area (Å²) in [4.78, 5) is 16.2. The van der Waals surface area contributed by atoms with Crippen molar-refractivity contribution in [3.05, 3.63) is 35.7 Å². The average molecular weight is 357 g/mol. The minimum atomic E-state index is 0.186. The van der Waals surface area contributed by atoms with Gasteiger partial charge < -0.3 is 14.8 Å². The van der Waals surface area contributed by atoms with E-state index in [1.54, 1.807) is 0 Å². The molecule has 2 aromatic rings. The fourth-order valence-electron chi connectivity index (χ4n) is 3.84. The fourth-order valence-corrected chi connectivity index (χ4v) is 3.84. The molecule has 1 aliphatic rings. The summed E-state index contributed by atoms with van der Waals surface area (Å²) in [6.07, 6.45) is 12.4. The van der Waals surface area contributed by atoms with Crippen LogP contribution in [0, 0.1) is 6.92 Å². The Morgan fingerprint density at radius 3 is 2.73 bits per heavy atom. The molecule has 3 rings (SSSR count). The number of anilines is 1. The van der Waals surface area contributed by atoms with Gasteiger partial charge in [-0.15, -0.1) is 0 Å². The molecule has 1 atom stereocenters. The van der Waals surface area contributed by atoms with Crippen LogP contribution in [-0.4, -0.2) is 32.6 Å². The van der Waals surface area contributed by atoms with Crippen molar-refractivity contribution in [2.75, 3.05) is 11.9 Å². The van der Waals surface area contributed by atoms with Crippen LogP contribution < -0.4 is 10.2 Å². The van der Waals surface area contributed by atoms with Crippen LogP contribution in [0.4, 0.5) is 5.95 Å². The van der Waals surface area contributed by atoms with E-state index in [9.17, 15) is 0 Å². The first-order chi connectivity index (χ1) is 12.6. The Labute approximate surface area is 157 Å². The zero-order valence-electron chi connectivity index (χ0n) is 16.6. The molecule has 2 heterocycles. The smallest absolute Gasteiger partial charge is 0.225 e. The molecular formula is C20H32N6. The lowest BCUT2D eigenvalue weighted by Crippen LogP contribution is -2.34. The molecule has 0 bridgehead atoms. The Kier molecular flexibility index (Phi) is 6.25. The standard InChI is InChI=1S/C20H32N6/c1-5-26-12-11-21-19(26)14-22-15(2)18-13-23-20(24-16(18)3)25(4)17-9-7-6-8-10-17/h11-13,15,17,22H,5-10,14H2,1-4H3. The number of rotatable bonds is 7. The molecule has 1 aliphatic carbocycles. The van der Waals surface area contributed by atoms with Gasteiger partial charge in [-0.05, 0) is 33.6 Å². The van der Waals surface area contributed by atoms with Crippen molar-refractivity contribution in [2.45, 2.75) is 78.0 Å². The summed E-state index contributed by atoms with van der Waals surface area (Å²) in [6.45, 7) is 8.06. The van der Waals surface area contributed by atoms with Crippen molar-refractivity contribution >= 4 is 5.95 Å². The highest BCUT2D eigenvalue weighted by Crippen LogP contribution is 2.25. The van der Waals surface area contributed by atoms with Crippen LogP contribution in [0.25, 0.3) is 0 Å². The molecule has 1 unspecified atom stereocenters. The number of aryl methyl sites for hydroxylation is 2. The Morgan fingerprint density at radius 1 is 1.27 bits per heavy atom. The quantitative estimate of drug-likeness (QED) is 0.821. The molecule has 0 radical (unpaired) electrons. The van der Waals surface area contributed by atoms with Crippen molar-refractivity contribution in [1.82, 2.24) is 24.8 Å². The van der Waals surface area contributed by atoms with Crippen molar-refractivity contribution in [2.24, 2.45) is 0 Å². The van der Waals surface area contributed by atoms with Gasteiger partial charge in [0.2, 0.25) is 5.95 Å². The molecule has 2 aromatic heterocycles. The topological polar surface area (TPSA) is 58.9 Å². The van der Waals surface area contributed by atoms with Gasteiger partial charge in [-0.3, -0.25) is 0 Å². The van der Waals surface area contributed by atoms with Crippen molar-refractivity contribution in [3.8, 4) is 0 Å². The molecule has 1 saturated carbocycles. The molecule has 1 fully saturated rings. The van der Waals surface area contributed by atoms with E-state index < -0.39 is 0 Å². The van der Waals surface area contributed by atoms with Crippen molar-refractivity contribution in [3.63, 3.8) is 0 Å². The molecule has 0 aromatic carbocycles. The molecule has 6 heteroatoms. The summed E-state index contributed by atoms with van der Waals surface area (Å²) in [5.74, 6) is 1.92. The van der Waals surface area contributed by atoms with E-state index in [0.717, 1.165) is 36.1 Å². The van der Waals surface area contributed by atoms with Crippen LogP contribution in [0.5, 0.6) is 0 Å². The minimum Gasteiger partial charge on any atom is -0.341 e. The number of imidazole rings is 1. The van der Waals surface area contributed by atoms with E-state index in [2.05, 4.69) is 52.6 Å². The number of hydrogen-bond donors (Lipinski definition) is 1. The SMILES string of the molecule is CCn1ccnc1CNC(C)c1cnc(N(C)C2CCCCC2)nc1C. The lowest BCUT2D eigenvalue weighted by molar-refractivity contribution is 0.423. The van der Waals surface area contributed by atoms with Crippen LogP contribution >= 0.6 is 0 Å². The monoisotopic (exact) mass is 356 g/mol. The first kappa shape index (κ1) is 18.8. The summed E-state index contributed by atoms with van der Waals surface area (Å²) >= 11 is 0. The molecule has 26 heavy (non-hydrogen) atoms. The largest absolute Gasteiger partial charge is 0.341 e. The molecule has 0 aliphatic heterocycles. The zero-order chi connectivity index (χ0) is 18.5. The van der Waals surface area contributed by atoms with Crippen LogP contribution in [0.2, 0.25) is 0 Å². The molecule has 0 amide bonds. The van der Waals surface area contributed by atoms with E-state index in [1.165, 1.54) is 32.1 Å². The Balaban J connectivity index is 1.64. The summed E-state index contributed by atoms with van der Waals surface area (Å²) in [6, 6.07) is 0.767. The third-order valence-corrected chi connectivity index (χ3v) is 5.62. The first-order valence-corrected chi connectivity index (χ1v) is 9.90. The normalized spacial score (nSPS) is 16.6. The van der Waals surface area contributed by atoms with Gasteiger partial charge in [-0.25, -0.2) is 15.0 Å². The second-order valence-electron chi connectivity index (χ2n) is 7.35. The van der Waals surface area contributed by atoms with Crippen molar-refractivity contribution < 1.29 is 0 Å². The van der Waals surface area contributed by atoms with E-state index in [-0.39, 0.29) is 6.04 Å².